The second-order valence-electron chi connectivity index (χ2n) is 6.43. The molecule has 0 N–H and O–H groups in total. The molecule has 0 aliphatic rings. The number of carbonyl (C=O) groups is 2. The van der Waals surface area contributed by atoms with Crippen LogP contribution in [0.2, 0.25) is 0 Å². The summed E-state index contributed by atoms with van der Waals surface area (Å²) in [6.07, 6.45) is 1.66. The third-order valence-corrected chi connectivity index (χ3v) is 5.35. The molecule has 0 atom stereocenters. The van der Waals surface area contributed by atoms with Gasteiger partial charge in [0.1, 0.15) is 0 Å². The highest BCUT2D eigenvalue weighted by atomic mass is 32.1. The Bertz CT molecular complexity index is 1010. The van der Waals surface area contributed by atoms with Gasteiger partial charge < -0.3 is 9.64 Å². The minimum atomic E-state index is -0.531. The van der Waals surface area contributed by atoms with Crippen LogP contribution in [-0.4, -0.2) is 34.9 Å². The molecule has 0 aliphatic carbocycles. The van der Waals surface area contributed by atoms with Crippen molar-refractivity contribution in [3.63, 3.8) is 0 Å². The Hall–Kier alpha value is -2.99. The lowest BCUT2D eigenvalue weighted by Gasteiger charge is -2.20. The third kappa shape index (κ3) is 4.28. The van der Waals surface area contributed by atoms with Gasteiger partial charge in [-0.1, -0.05) is 30.3 Å². The Morgan fingerprint density at radius 1 is 1.21 bits per heavy atom. The van der Waals surface area contributed by atoms with Gasteiger partial charge in [-0.3, -0.25) is 9.78 Å². The van der Waals surface area contributed by atoms with Crippen molar-refractivity contribution in [2.24, 2.45) is 0 Å². The van der Waals surface area contributed by atoms with Crippen molar-refractivity contribution >= 4 is 34.1 Å². The molecule has 144 valence electrons. The molecule has 0 radical (unpaired) electrons. The molecule has 1 aromatic carbocycles. The lowest BCUT2D eigenvalue weighted by molar-refractivity contribution is -0.134. The second-order valence-corrected chi connectivity index (χ2v) is 7.47. The SMILES string of the molecule is C=CCN(Cc1cccs1)C(=O)COC(=O)c1c(C)nc2ccccc2c1C. The Labute approximate surface area is 168 Å². The fraction of sp³-hybridized carbons (Fsp3) is 0.227. The Kier molecular flexibility index (Phi) is 6.21. The van der Waals surface area contributed by atoms with E-state index >= 15 is 0 Å². The lowest BCUT2D eigenvalue weighted by atomic mass is 10.0. The zero-order valence-corrected chi connectivity index (χ0v) is 16.8. The van der Waals surface area contributed by atoms with Crippen molar-refractivity contribution < 1.29 is 14.3 Å². The molecule has 28 heavy (non-hydrogen) atoms. The summed E-state index contributed by atoms with van der Waals surface area (Å²) in [5, 5.41) is 2.86. The summed E-state index contributed by atoms with van der Waals surface area (Å²) in [5.41, 5.74) is 2.65. The normalized spacial score (nSPS) is 10.6. The summed E-state index contributed by atoms with van der Waals surface area (Å²) in [6.45, 7) is 7.89. The second kappa shape index (κ2) is 8.80. The molecule has 0 saturated carbocycles. The zero-order valence-electron chi connectivity index (χ0n) is 16.0. The molecular weight excluding hydrogens is 372 g/mol. The number of benzene rings is 1. The minimum absolute atomic E-state index is 0.259. The highest BCUT2D eigenvalue weighted by Crippen LogP contribution is 2.23. The van der Waals surface area contributed by atoms with Crippen LogP contribution in [0.4, 0.5) is 0 Å². The summed E-state index contributed by atoms with van der Waals surface area (Å²) in [5.74, 6) is -0.790. The van der Waals surface area contributed by atoms with E-state index in [4.69, 9.17) is 4.74 Å². The van der Waals surface area contributed by atoms with E-state index in [2.05, 4.69) is 11.6 Å². The average molecular weight is 394 g/mol. The van der Waals surface area contributed by atoms with Gasteiger partial charge in [-0.15, -0.1) is 17.9 Å². The van der Waals surface area contributed by atoms with Crippen molar-refractivity contribution in [1.82, 2.24) is 9.88 Å². The van der Waals surface area contributed by atoms with E-state index in [9.17, 15) is 9.59 Å². The maximum absolute atomic E-state index is 12.7. The molecule has 0 spiro atoms. The van der Waals surface area contributed by atoms with Crippen LogP contribution < -0.4 is 0 Å². The quantitative estimate of drug-likeness (QED) is 0.443. The van der Waals surface area contributed by atoms with E-state index in [0.29, 0.717) is 24.3 Å². The largest absolute Gasteiger partial charge is 0.452 e. The molecule has 6 heteroatoms. The fourth-order valence-corrected chi connectivity index (χ4v) is 3.84. The molecule has 3 aromatic rings. The van der Waals surface area contributed by atoms with Crippen LogP contribution >= 0.6 is 11.3 Å². The summed E-state index contributed by atoms with van der Waals surface area (Å²) < 4.78 is 5.35. The molecule has 3 rings (SSSR count). The van der Waals surface area contributed by atoms with Gasteiger partial charge in [-0.25, -0.2) is 4.79 Å². The van der Waals surface area contributed by atoms with Crippen molar-refractivity contribution in [2.75, 3.05) is 13.2 Å². The van der Waals surface area contributed by atoms with Crippen molar-refractivity contribution in [2.45, 2.75) is 20.4 Å². The number of nitrogens with zero attached hydrogens (tertiary/aromatic N) is 2. The number of esters is 1. The molecule has 0 aliphatic heterocycles. The maximum atomic E-state index is 12.7. The van der Waals surface area contributed by atoms with Crippen LogP contribution in [0, 0.1) is 13.8 Å². The number of aromatic nitrogens is 1. The van der Waals surface area contributed by atoms with E-state index in [1.807, 2.05) is 48.7 Å². The standard InChI is InChI=1S/C22H22N2O3S/c1-4-11-24(13-17-8-7-12-28-17)20(25)14-27-22(26)21-15(2)18-9-5-6-10-19(18)23-16(21)3/h4-10,12H,1,11,13-14H2,2-3H3. The Balaban J connectivity index is 1.73. The number of hydrogen-bond acceptors (Lipinski definition) is 5. The molecular formula is C22H22N2O3S. The predicted molar refractivity (Wildman–Crippen MR) is 111 cm³/mol. The van der Waals surface area contributed by atoms with Gasteiger partial charge in [0.15, 0.2) is 6.61 Å². The van der Waals surface area contributed by atoms with E-state index in [0.717, 1.165) is 21.3 Å². The smallest absolute Gasteiger partial charge is 0.340 e. The van der Waals surface area contributed by atoms with E-state index in [-0.39, 0.29) is 12.5 Å². The third-order valence-electron chi connectivity index (χ3n) is 4.49. The Morgan fingerprint density at radius 3 is 2.71 bits per heavy atom. The number of pyridine rings is 1. The zero-order chi connectivity index (χ0) is 20.1. The summed E-state index contributed by atoms with van der Waals surface area (Å²) in [7, 11) is 0. The number of para-hydroxylation sites is 1. The van der Waals surface area contributed by atoms with Gasteiger partial charge in [0.05, 0.1) is 23.3 Å². The number of carbonyl (C=O) groups excluding carboxylic acids is 2. The molecule has 5 nitrogen and oxygen atoms in total. The van der Waals surface area contributed by atoms with E-state index in [1.54, 1.807) is 29.2 Å². The minimum Gasteiger partial charge on any atom is -0.452 e. The van der Waals surface area contributed by atoms with Gasteiger partial charge in [0.2, 0.25) is 0 Å². The van der Waals surface area contributed by atoms with Crippen LogP contribution in [0.15, 0.2) is 54.4 Å². The first-order valence-corrected chi connectivity index (χ1v) is 9.83. The van der Waals surface area contributed by atoms with Crippen LogP contribution in [-0.2, 0) is 16.1 Å². The first kappa shape index (κ1) is 19.8. The number of fused-ring (bicyclic) bond motifs is 1. The van der Waals surface area contributed by atoms with Gasteiger partial charge in [-0.2, -0.15) is 0 Å². The first-order valence-electron chi connectivity index (χ1n) is 8.95. The molecule has 0 unspecified atom stereocenters. The number of ether oxygens (including phenoxy) is 1. The summed E-state index contributed by atoms with van der Waals surface area (Å²) in [6, 6.07) is 11.6. The molecule has 2 aromatic heterocycles. The van der Waals surface area contributed by atoms with Crippen LogP contribution in [0.25, 0.3) is 10.9 Å². The van der Waals surface area contributed by atoms with E-state index < -0.39 is 5.97 Å². The Morgan fingerprint density at radius 2 is 2.00 bits per heavy atom. The van der Waals surface area contributed by atoms with Gasteiger partial charge in [0.25, 0.3) is 5.91 Å². The highest BCUT2D eigenvalue weighted by molar-refractivity contribution is 7.09. The maximum Gasteiger partial charge on any atom is 0.340 e. The average Bonchev–Trinajstić information content (AvgIpc) is 3.19. The van der Waals surface area contributed by atoms with Crippen molar-refractivity contribution in [1.29, 1.82) is 0 Å². The number of amides is 1. The molecule has 2 heterocycles. The summed E-state index contributed by atoms with van der Waals surface area (Å²) in [4.78, 5) is 32.4. The van der Waals surface area contributed by atoms with Gasteiger partial charge >= 0.3 is 5.97 Å². The lowest BCUT2D eigenvalue weighted by Crippen LogP contribution is -2.34. The van der Waals surface area contributed by atoms with E-state index in [1.165, 1.54) is 0 Å². The topological polar surface area (TPSA) is 59.5 Å². The summed E-state index contributed by atoms with van der Waals surface area (Å²) >= 11 is 1.58. The molecule has 1 amide bonds. The van der Waals surface area contributed by atoms with Crippen molar-refractivity contribution in [3.8, 4) is 0 Å². The molecule has 0 bridgehead atoms. The van der Waals surface area contributed by atoms with Crippen LogP contribution in [0.3, 0.4) is 0 Å². The number of rotatable bonds is 7. The van der Waals surface area contributed by atoms with Crippen LogP contribution in [0.5, 0.6) is 0 Å². The van der Waals surface area contributed by atoms with Crippen molar-refractivity contribution in [3.05, 3.63) is 76.1 Å². The fourth-order valence-electron chi connectivity index (χ4n) is 3.12. The van der Waals surface area contributed by atoms with Gasteiger partial charge in [-0.05, 0) is 36.9 Å². The predicted octanol–water partition coefficient (Wildman–Crippen LogP) is 4.28. The number of hydrogen-bond donors (Lipinski definition) is 0. The molecule has 0 saturated heterocycles. The monoisotopic (exact) mass is 394 g/mol. The number of aryl methyl sites for hydroxylation is 2. The highest BCUT2D eigenvalue weighted by Gasteiger charge is 2.20. The number of thiophene rings is 1. The first-order chi connectivity index (χ1) is 13.5. The van der Waals surface area contributed by atoms with Crippen LogP contribution in [0.1, 0.15) is 26.5 Å². The van der Waals surface area contributed by atoms with Gasteiger partial charge in [0, 0.05) is 16.8 Å². The molecule has 0 fully saturated rings.